The molecular weight excluding hydrogens is 684 g/mol. The van der Waals surface area contributed by atoms with Crippen molar-refractivity contribution in [3.05, 3.63) is 78.8 Å². The van der Waals surface area contributed by atoms with E-state index in [0.717, 1.165) is 9.13 Å². The summed E-state index contributed by atoms with van der Waals surface area (Å²) in [5, 5.41) is 7.95. The lowest BCUT2D eigenvalue weighted by Gasteiger charge is -2.20. The molecule has 0 unspecified atom stereocenters. The molecule has 12 heteroatoms. The molecule has 0 radical (unpaired) electrons. The van der Waals surface area contributed by atoms with Crippen LogP contribution in [0.3, 0.4) is 0 Å². The van der Waals surface area contributed by atoms with E-state index < -0.39 is 17.9 Å². The Morgan fingerprint density at radius 1 is 1.07 bits per heavy atom. The van der Waals surface area contributed by atoms with Crippen molar-refractivity contribution in [3.8, 4) is 23.0 Å². The average Bonchev–Trinajstić information content (AvgIpc) is 3.40. The van der Waals surface area contributed by atoms with Gasteiger partial charge in [0.15, 0.2) is 23.0 Å². The van der Waals surface area contributed by atoms with Gasteiger partial charge in [-0.25, -0.2) is 5.43 Å². The predicted molar refractivity (Wildman–Crippen MR) is 166 cm³/mol. The molecular formula is C29H28Cl2IN3O6. The quantitative estimate of drug-likeness (QED) is 0.139. The molecule has 0 aliphatic carbocycles. The predicted octanol–water partition coefficient (Wildman–Crippen LogP) is 6.21. The van der Waals surface area contributed by atoms with E-state index in [2.05, 4.69) is 38.4 Å². The van der Waals surface area contributed by atoms with E-state index in [4.69, 9.17) is 42.1 Å². The van der Waals surface area contributed by atoms with Crippen LogP contribution in [0.1, 0.15) is 42.3 Å². The van der Waals surface area contributed by atoms with Crippen LogP contribution in [0.2, 0.25) is 10.0 Å². The van der Waals surface area contributed by atoms with Gasteiger partial charge in [0, 0.05) is 21.2 Å². The summed E-state index contributed by atoms with van der Waals surface area (Å²) in [4.78, 5) is 25.8. The fourth-order valence-electron chi connectivity index (χ4n) is 3.89. The van der Waals surface area contributed by atoms with Crippen molar-refractivity contribution in [2.24, 2.45) is 11.0 Å². The minimum atomic E-state index is -0.820. The summed E-state index contributed by atoms with van der Waals surface area (Å²) in [5.41, 5.74) is 4.35. The molecule has 0 saturated carbocycles. The summed E-state index contributed by atoms with van der Waals surface area (Å²) >= 11 is 14.4. The first-order valence-corrected chi connectivity index (χ1v) is 14.6. The molecule has 4 rings (SSSR count). The maximum Gasteiger partial charge on any atom is 0.262 e. The van der Waals surface area contributed by atoms with Gasteiger partial charge in [0.1, 0.15) is 12.6 Å². The number of carbonyl (C=O) groups is 2. The average molecular weight is 712 g/mol. The maximum absolute atomic E-state index is 12.9. The van der Waals surface area contributed by atoms with Crippen LogP contribution in [-0.4, -0.2) is 37.5 Å². The summed E-state index contributed by atoms with van der Waals surface area (Å²) in [5.74, 6) is 1.08. The van der Waals surface area contributed by atoms with E-state index in [9.17, 15) is 9.59 Å². The van der Waals surface area contributed by atoms with Gasteiger partial charge in [0.25, 0.3) is 11.8 Å². The highest BCUT2D eigenvalue weighted by Crippen LogP contribution is 2.35. The van der Waals surface area contributed by atoms with Gasteiger partial charge >= 0.3 is 0 Å². The van der Waals surface area contributed by atoms with Gasteiger partial charge in [-0.2, -0.15) is 5.10 Å². The Bertz CT molecular complexity index is 1470. The zero-order valence-corrected chi connectivity index (χ0v) is 26.2. The smallest absolute Gasteiger partial charge is 0.262 e. The third-order valence-corrected chi connectivity index (χ3v) is 7.37. The topological polar surface area (TPSA) is 107 Å². The first kappa shape index (κ1) is 30.7. The van der Waals surface area contributed by atoms with Crippen molar-refractivity contribution in [1.82, 2.24) is 10.7 Å². The third kappa shape index (κ3) is 7.96. The van der Waals surface area contributed by atoms with Crippen molar-refractivity contribution in [3.63, 3.8) is 0 Å². The number of ether oxygens (including phenoxy) is 4. The first-order valence-electron chi connectivity index (χ1n) is 12.7. The van der Waals surface area contributed by atoms with Crippen LogP contribution in [0.5, 0.6) is 23.0 Å². The van der Waals surface area contributed by atoms with Crippen molar-refractivity contribution >= 4 is 63.8 Å². The summed E-state index contributed by atoms with van der Waals surface area (Å²) in [6.45, 7) is 6.29. The van der Waals surface area contributed by atoms with E-state index in [1.807, 2.05) is 32.9 Å². The second-order valence-electron chi connectivity index (χ2n) is 9.28. The Balaban J connectivity index is 1.42. The number of carbonyl (C=O) groups excluding carboxylic acids is 2. The molecule has 0 fully saturated rings. The Kier molecular flexibility index (Phi) is 10.6. The second kappa shape index (κ2) is 14.1. The molecule has 1 atom stereocenters. The van der Waals surface area contributed by atoms with E-state index in [1.54, 1.807) is 36.4 Å². The van der Waals surface area contributed by atoms with E-state index in [-0.39, 0.29) is 19.3 Å². The fourth-order valence-corrected chi connectivity index (χ4v) is 5.14. The molecule has 216 valence electrons. The summed E-state index contributed by atoms with van der Waals surface area (Å²) in [6, 6.07) is 12.9. The Hall–Kier alpha value is -3.22. The number of fused-ring (bicyclic) bond motifs is 1. The van der Waals surface area contributed by atoms with E-state index in [0.29, 0.717) is 50.8 Å². The SMILES string of the molecule is CCOc1cc(/C=N\NC(=O)[C@H](NC(=O)c2ccc3c(c2)OCO3)C(C)C)cc(I)c1OCc1ccc(Cl)cc1Cl. The van der Waals surface area contributed by atoms with Crippen molar-refractivity contribution in [2.75, 3.05) is 13.4 Å². The first-order chi connectivity index (χ1) is 19.7. The normalized spacial score (nSPS) is 12.9. The highest BCUT2D eigenvalue weighted by atomic mass is 127. The number of hydrazone groups is 1. The zero-order chi connectivity index (χ0) is 29.5. The molecule has 0 bridgehead atoms. The van der Waals surface area contributed by atoms with Crippen LogP contribution in [-0.2, 0) is 11.4 Å². The summed E-state index contributed by atoms with van der Waals surface area (Å²) in [7, 11) is 0. The van der Waals surface area contributed by atoms with Crippen molar-refractivity contribution < 1.29 is 28.5 Å². The van der Waals surface area contributed by atoms with Crippen molar-refractivity contribution in [1.29, 1.82) is 0 Å². The minimum Gasteiger partial charge on any atom is -0.490 e. The summed E-state index contributed by atoms with van der Waals surface area (Å²) < 4.78 is 23.3. The molecule has 0 saturated heterocycles. The summed E-state index contributed by atoms with van der Waals surface area (Å²) in [6.07, 6.45) is 1.50. The molecule has 1 aliphatic rings. The molecule has 3 aromatic carbocycles. The van der Waals surface area contributed by atoms with Gasteiger partial charge in [-0.3, -0.25) is 9.59 Å². The Morgan fingerprint density at radius 2 is 1.85 bits per heavy atom. The molecule has 1 heterocycles. The molecule has 9 nitrogen and oxygen atoms in total. The molecule has 2 N–H and O–H groups in total. The van der Waals surface area contributed by atoms with E-state index in [1.165, 1.54) is 6.21 Å². The van der Waals surface area contributed by atoms with Gasteiger partial charge < -0.3 is 24.3 Å². The Labute approximate surface area is 261 Å². The number of hydrogen-bond acceptors (Lipinski definition) is 7. The number of nitrogens with one attached hydrogen (secondary N) is 2. The van der Waals surface area contributed by atoms with Gasteiger partial charge in [-0.05, 0) is 83.5 Å². The number of benzene rings is 3. The van der Waals surface area contributed by atoms with Gasteiger partial charge in [0.2, 0.25) is 6.79 Å². The lowest BCUT2D eigenvalue weighted by molar-refractivity contribution is -0.123. The van der Waals surface area contributed by atoms with Crippen LogP contribution < -0.4 is 29.7 Å². The molecule has 3 aromatic rings. The Morgan fingerprint density at radius 3 is 2.59 bits per heavy atom. The number of rotatable bonds is 11. The second-order valence-corrected chi connectivity index (χ2v) is 11.3. The minimum absolute atomic E-state index is 0.106. The number of nitrogens with zero attached hydrogens (tertiary/aromatic N) is 1. The molecule has 0 spiro atoms. The molecule has 2 amide bonds. The van der Waals surface area contributed by atoms with Crippen LogP contribution in [0.25, 0.3) is 0 Å². The lowest BCUT2D eigenvalue weighted by Crippen LogP contribution is -2.48. The number of halogens is 3. The fraction of sp³-hybridized carbons (Fsp3) is 0.276. The van der Waals surface area contributed by atoms with Crippen LogP contribution in [0.15, 0.2) is 53.6 Å². The monoisotopic (exact) mass is 711 g/mol. The third-order valence-electron chi connectivity index (χ3n) is 5.98. The van der Waals surface area contributed by atoms with Crippen LogP contribution in [0, 0.1) is 9.49 Å². The van der Waals surface area contributed by atoms with Gasteiger partial charge in [0.05, 0.1) is 16.4 Å². The van der Waals surface area contributed by atoms with Gasteiger partial charge in [-0.1, -0.05) is 43.1 Å². The standard InChI is InChI=1S/C29H28Cl2IN3O6/c1-4-38-25-10-17(9-22(32)27(25)39-14-19-5-7-20(30)12-21(19)31)13-33-35-29(37)26(16(2)3)34-28(36)18-6-8-23-24(11-18)41-15-40-23/h5-13,16,26H,4,14-15H2,1-3H3,(H,34,36)(H,35,37)/b33-13-/t26-/m1/s1. The molecule has 0 aromatic heterocycles. The van der Waals surface area contributed by atoms with Crippen LogP contribution in [0.4, 0.5) is 0 Å². The number of amides is 2. The number of hydrogen-bond donors (Lipinski definition) is 2. The van der Waals surface area contributed by atoms with Crippen molar-refractivity contribution in [2.45, 2.75) is 33.4 Å². The maximum atomic E-state index is 12.9. The van der Waals surface area contributed by atoms with Gasteiger partial charge in [-0.15, -0.1) is 0 Å². The zero-order valence-electron chi connectivity index (χ0n) is 22.5. The molecule has 1 aliphatic heterocycles. The van der Waals surface area contributed by atoms with Crippen LogP contribution >= 0.6 is 45.8 Å². The largest absolute Gasteiger partial charge is 0.490 e. The highest BCUT2D eigenvalue weighted by Gasteiger charge is 2.25. The highest BCUT2D eigenvalue weighted by molar-refractivity contribution is 14.1. The van der Waals surface area contributed by atoms with E-state index >= 15 is 0 Å². The molecule has 41 heavy (non-hydrogen) atoms. The lowest BCUT2D eigenvalue weighted by atomic mass is 10.0.